The van der Waals surface area contributed by atoms with Gasteiger partial charge < -0.3 is 4.74 Å². The predicted molar refractivity (Wildman–Crippen MR) is 77.7 cm³/mol. The quantitative estimate of drug-likeness (QED) is 0.708. The number of hydrogen-bond acceptors (Lipinski definition) is 5. The molecular formula is C14H18N2O4S. The summed E-state index contributed by atoms with van der Waals surface area (Å²) in [5.74, 6) is -0.519. The van der Waals surface area contributed by atoms with Gasteiger partial charge in [0, 0.05) is 20.0 Å². The van der Waals surface area contributed by atoms with Crippen LogP contribution in [0.3, 0.4) is 0 Å². The van der Waals surface area contributed by atoms with Crippen LogP contribution in [0.15, 0.2) is 24.3 Å². The van der Waals surface area contributed by atoms with Gasteiger partial charge in [0.2, 0.25) is 10.0 Å². The number of methoxy groups -OCH3 is 1. The van der Waals surface area contributed by atoms with E-state index in [9.17, 15) is 13.2 Å². The fraction of sp³-hybridized carbons (Fsp3) is 0.429. The van der Waals surface area contributed by atoms with Crippen molar-refractivity contribution in [1.29, 1.82) is 5.26 Å². The van der Waals surface area contributed by atoms with Gasteiger partial charge in [0.25, 0.3) is 0 Å². The van der Waals surface area contributed by atoms with Crippen molar-refractivity contribution < 1.29 is 17.9 Å². The smallest absolute Gasteiger partial charge is 0.305 e. The Hall–Kier alpha value is -1.91. The molecule has 21 heavy (non-hydrogen) atoms. The second kappa shape index (κ2) is 7.76. The maximum Gasteiger partial charge on any atom is 0.305 e. The summed E-state index contributed by atoms with van der Waals surface area (Å²) < 4.78 is 29.8. The van der Waals surface area contributed by atoms with Crippen LogP contribution >= 0.6 is 0 Å². The van der Waals surface area contributed by atoms with E-state index >= 15 is 0 Å². The highest BCUT2D eigenvalue weighted by Gasteiger charge is 2.18. The molecule has 0 amide bonds. The molecule has 1 aromatic rings. The standard InChI is InChI=1S/C14H18N2O4S/c1-16(11-13-7-5-12(10-15)6-8-13)21(18,19)9-3-4-14(17)20-2/h5-8H,3-4,9,11H2,1-2H3. The molecule has 0 saturated carbocycles. The molecule has 0 heterocycles. The third kappa shape index (κ3) is 5.53. The highest BCUT2D eigenvalue weighted by molar-refractivity contribution is 7.89. The van der Waals surface area contributed by atoms with Crippen LogP contribution in [0, 0.1) is 11.3 Å². The van der Waals surface area contributed by atoms with Crippen molar-refractivity contribution in [2.24, 2.45) is 0 Å². The summed E-state index contributed by atoms with van der Waals surface area (Å²) in [6.45, 7) is 0.228. The molecule has 0 aromatic heterocycles. The molecule has 1 aromatic carbocycles. The molecule has 0 aliphatic carbocycles. The minimum absolute atomic E-state index is 0.0838. The highest BCUT2D eigenvalue weighted by atomic mass is 32.2. The molecule has 0 atom stereocenters. The Kier molecular flexibility index (Phi) is 6.34. The fourth-order valence-electron chi connectivity index (χ4n) is 1.70. The van der Waals surface area contributed by atoms with Crippen molar-refractivity contribution in [3.8, 4) is 6.07 Å². The maximum atomic E-state index is 12.0. The van der Waals surface area contributed by atoms with Gasteiger partial charge in [0.05, 0.1) is 24.5 Å². The number of nitrogens with zero attached hydrogens (tertiary/aromatic N) is 2. The van der Waals surface area contributed by atoms with Gasteiger partial charge in [-0.3, -0.25) is 4.79 Å². The Bertz CT molecular complexity index is 617. The number of rotatable bonds is 7. The molecule has 6 nitrogen and oxygen atoms in total. The molecule has 0 N–H and O–H groups in total. The molecular weight excluding hydrogens is 292 g/mol. The Morgan fingerprint density at radius 2 is 1.95 bits per heavy atom. The van der Waals surface area contributed by atoms with Crippen LogP contribution < -0.4 is 0 Å². The van der Waals surface area contributed by atoms with E-state index < -0.39 is 16.0 Å². The lowest BCUT2D eigenvalue weighted by atomic mass is 10.1. The lowest BCUT2D eigenvalue weighted by Crippen LogP contribution is -2.29. The third-order valence-corrected chi connectivity index (χ3v) is 4.86. The van der Waals surface area contributed by atoms with Crippen molar-refractivity contribution in [3.63, 3.8) is 0 Å². The van der Waals surface area contributed by atoms with Gasteiger partial charge in [0.15, 0.2) is 0 Å². The van der Waals surface area contributed by atoms with Gasteiger partial charge >= 0.3 is 5.97 Å². The van der Waals surface area contributed by atoms with Crippen LogP contribution in [-0.2, 0) is 26.1 Å². The summed E-state index contributed by atoms with van der Waals surface area (Å²) in [5.41, 5.74) is 1.33. The van der Waals surface area contributed by atoms with Gasteiger partial charge in [-0.15, -0.1) is 0 Å². The second-order valence-electron chi connectivity index (χ2n) is 4.56. The number of esters is 1. The zero-order valence-electron chi connectivity index (χ0n) is 12.1. The first kappa shape index (κ1) is 17.1. The molecule has 7 heteroatoms. The average Bonchev–Trinajstić information content (AvgIpc) is 2.47. The topological polar surface area (TPSA) is 87.5 Å². The van der Waals surface area contributed by atoms with E-state index in [-0.39, 0.29) is 25.1 Å². The lowest BCUT2D eigenvalue weighted by molar-refractivity contribution is -0.140. The Morgan fingerprint density at radius 1 is 1.33 bits per heavy atom. The minimum Gasteiger partial charge on any atom is -0.469 e. The third-order valence-electron chi connectivity index (χ3n) is 2.97. The van der Waals surface area contributed by atoms with Gasteiger partial charge in [0.1, 0.15) is 0 Å². The molecule has 0 radical (unpaired) electrons. The average molecular weight is 310 g/mol. The molecule has 0 bridgehead atoms. The van der Waals surface area contributed by atoms with E-state index in [1.807, 2.05) is 6.07 Å². The molecule has 114 valence electrons. The van der Waals surface area contributed by atoms with Crippen LogP contribution in [0.4, 0.5) is 0 Å². The Balaban J connectivity index is 2.58. The number of hydrogen-bond donors (Lipinski definition) is 0. The molecule has 0 saturated heterocycles. The van der Waals surface area contributed by atoms with Crippen molar-refractivity contribution in [2.75, 3.05) is 19.9 Å². The predicted octanol–water partition coefficient (Wildman–Crippen LogP) is 1.27. The van der Waals surface area contributed by atoms with Gasteiger partial charge in [-0.25, -0.2) is 12.7 Å². The highest BCUT2D eigenvalue weighted by Crippen LogP contribution is 2.10. The van der Waals surface area contributed by atoms with E-state index in [0.29, 0.717) is 5.56 Å². The van der Waals surface area contributed by atoms with E-state index in [2.05, 4.69) is 4.74 Å². The van der Waals surface area contributed by atoms with Gasteiger partial charge in [-0.1, -0.05) is 12.1 Å². The van der Waals surface area contributed by atoms with Crippen molar-refractivity contribution in [1.82, 2.24) is 4.31 Å². The zero-order chi connectivity index (χ0) is 15.9. The summed E-state index contributed by atoms with van der Waals surface area (Å²) in [6, 6.07) is 8.74. The number of carbonyl (C=O) groups is 1. The van der Waals surface area contributed by atoms with Crippen LogP contribution in [0.2, 0.25) is 0 Å². The van der Waals surface area contributed by atoms with Crippen LogP contribution in [0.25, 0.3) is 0 Å². The molecule has 0 aliphatic rings. The summed E-state index contributed by atoms with van der Waals surface area (Å²) in [7, 11) is -0.654. The fourth-order valence-corrected chi connectivity index (χ4v) is 2.86. The second-order valence-corrected chi connectivity index (χ2v) is 6.76. The van der Waals surface area contributed by atoms with Crippen molar-refractivity contribution >= 4 is 16.0 Å². The Morgan fingerprint density at radius 3 is 2.48 bits per heavy atom. The number of ether oxygens (including phenoxy) is 1. The molecule has 0 fully saturated rings. The first-order valence-electron chi connectivity index (χ1n) is 6.39. The van der Waals surface area contributed by atoms with E-state index in [1.165, 1.54) is 18.5 Å². The normalized spacial score (nSPS) is 11.1. The zero-order valence-corrected chi connectivity index (χ0v) is 12.9. The van der Waals surface area contributed by atoms with Crippen molar-refractivity contribution in [2.45, 2.75) is 19.4 Å². The number of benzene rings is 1. The molecule has 0 spiro atoms. The summed E-state index contributed by atoms with van der Waals surface area (Å²) in [6.07, 6.45) is 0.313. The SMILES string of the molecule is COC(=O)CCCS(=O)(=O)N(C)Cc1ccc(C#N)cc1. The maximum absolute atomic E-state index is 12.0. The van der Waals surface area contributed by atoms with Gasteiger partial charge in [-0.2, -0.15) is 5.26 Å². The van der Waals surface area contributed by atoms with E-state index in [1.54, 1.807) is 24.3 Å². The molecule has 0 aliphatic heterocycles. The minimum atomic E-state index is -3.42. The van der Waals surface area contributed by atoms with Gasteiger partial charge in [-0.05, 0) is 24.1 Å². The number of carbonyl (C=O) groups excluding carboxylic acids is 1. The summed E-state index contributed by atoms with van der Waals surface area (Å²) in [4.78, 5) is 11.0. The summed E-state index contributed by atoms with van der Waals surface area (Å²) >= 11 is 0. The van der Waals surface area contributed by atoms with Crippen LogP contribution in [0.5, 0.6) is 0 Å². The number of sulfonamides is 1. The van der Waals surface area contributed by atoms with E-state index in [4.69, 9.17) is 5.26 Å². The van der Waals surface area contributed by atoms with E-state index in [0.717, 1.165) is 5.56 Å². The summed E-state index contributed by atoms with van der Waals surface area (Å²) in [5, 5.41) is 8.71. The monoisotopic (exact) mass is 310 g/mol. The first-order chi connectivity index (χ1) is 9.89. The molecule has 0 unspecified atom stereocenters. The first-order valence-corrected chi connectivity index (χ1v) is 8.00. The van der Waals surface area contributed by atoms with Crippen molar-refractivity contribution in [3.05, 3.63) is 35.4 Å². The van der Waals surface area contributed by atoms with Crippen LogP contribution in [-0.4, -0.2) is 38.6 Å². The number of nitriles is 1. The largest absolute Gasteiger partial charge is 0.469 e. The van der Waals surface area contributed by atoms with Crippen LogP contribution in [0.1, 0.15) is 24.0 Å². The molecule has 1 rings (SSSR count). The Labute approximate surface area is 125 Å². The lowest BCUT2D eigenvalue weighted by Gasteiger charge is -2.17.